The third-order valence-electron chi connectivity index (χ3n) is 4.42. The Labute approximate surface area is 127 Å². The minimum Gasteiger partial charge on any atom is -0.461 e. The fourth-order valence-electron chi connectivity index (χ4n) is 3.29. The highest BCUT2D eigenvalue weighted by atomic mass is 16.5. The number of ether oxygens (including phenoxy) is 1. The van der Waals surface area contributed by atoms with Gasteiger partial charge in [0.2, 0.25) is 0 Å². The maximum Gasteiger partial charge on any atom is 0.360 e. The standard InChI is InChI=1S/C16H27N3O2/c1-4-8-14-15(16(20)21-6-3)17-18-19(14)13-10-7-9-12(5-2)11-13/h12-13H,4-11H2,1-3H3. The van der Waals surface area contributed by atoms with E-state index in [1.54, 1.807) is 0 Å². The Morgan fingerprint density at radius 3 is 2.81 bits per heavy atom. The van der Waals surface area contributed by atoms with Crippen molar-refractivity contribution in [2.24, 2.45) is 5.92 Å². The summed E-state index contributed by atoms with van der Waals surface area (Å²) in [4.78, 5) is 12.0. The van der Waals surface area contributed by atoms with Crippen LogP contribution in [-0.4, -0.2) is 27.6 Å². The molecule has 0 bridgehead atoms. The molecular formula is C16H27N3O2. The predicted molar refractivity (Wildman–Crippen MR) is 81.3 cm³/mol. The molecule has 0 amide bonds. The summed E-state index contributed by atoms with van der Waals surface area (Å²) < 4.78 is 7.11. The van der Waals surface area contributed by atoms with E-state index >= 15 is 0 Å². The minimum atomic E-state index is -0.338. The maximum atomic E-state index is 12.0. The highest BCUT2D eigenvalue weighted by molar-refractivity contribution is 5.88. The normalized spacial score (nSPS) is 22.2. The van der Waals surface area contributed by atoms with Crippen molar-refractivity contribution in [1.82, 2.24) is 15.0 Å². The zero-order valence-corrected chi connectivity index (χ0v) is 13.5. The molecular weight excluding hydrogens is 266 g/mol. The van der Waals surface area contributed by atoms with Crippen molar-refractivity contribution < 1.29 is 9.53 Å². The van der Waals surface area contributed by atoms with Crippen LogP contribution in [0, 0.1) is 5.92 Å². The van der Waals surface area contributed by atoms with Crippen molar-refractivity contribution in [2.75, 3.05) is 6.61 Å². The summed E-state index contributed by atoms with van der Waals surface area (Å²) in [7, 11) is 0. The number of esters is 1. The second kappa shape index (κ2) is 7.57. The first-order valence-electron chi connectivity index (χ1n) is 8.32. The van der Waals surface area contributed by atoms with Crippen LogP contribution in [0.5, 0.6) is 0 Å². The van der Waals surface area contributed by atoms with Gasteiger partial charge < -0.3 is 4.74 Å². The van der Waals surface area contributed by atoms with Crippen LogP contribution < -0.4 is 0 Å². The van der Waals surface area contributed by atoms with Gasteiger partial charge in [0.15, 0.2) is 5.69 Å². The van der Waals surface area contributed by atoms with Crippen molar-refractivity contribution in [3.63, 3.8) is 0 Å². The van der Waals surface area contributed by atoms with Crippen LogP contribution >= 0.6 is 0 Å². The third-order valence-corrected chi connectivity index (χ3v) is 4.42. The fourth-order valence-corrected chi connectivity index (χ4v) is 3.29. The van der Waals surface area contributed by atoms with Crippen molar-refractivity contribution in [3.8, 4) is 0 Å². The lowest BCUT2D eigenvalue weighted by molar-refractivity contribution is 0.0518. The van der Waals surface area contributed by atoms with Gasteiger partial charge in [0, 0.05) is 0 Å². The van der Waals surface area contributed by atoms with E-state index in [0.717, 1.165) is 37.3 Å². The van der Waals surface area contributed by atoms with Crippen molar-refractivity contribution in [2.45, 2.75) is 71.8 Å². The third kappa shape index (κ3) is 3.63. The summed E-state index contributed by atoms with van der Waals surface area (Å²) in [6.07, 6.45) is 7.87. The molecule has 1 saturated carbocycles. The smallest absolute Gasteiger partial charge is 0.360 e. The number of carbonyl (C=O) groups is 1. The molecule has 1 aliphatic rings. The molecule has 0 saturated heterocycles. The van der Waals surface area contributed by atoms with Crippen molar-refractivity contribution >= 4 is 5.97 Å². The number of hydrogen-bond donors (Lipinski definition) is 0. The second-order valence-corrected chi connectivity index (χ2v) is 5.89. The second-order valence-electron chi connectivity index (χ2n) is 5.89. The van der Waals surface area contributed by atoms with E-state index < -0.39 is 0 Å². The van der Waals surface area contributed by atoms with Gasteiger partial charge in [-0.25, -0.2) is 9.48 Å². The zero-order chi connectivity index (χ0) is 15.2. The molecule has 0 aliphatic heterocycles. The van der Waals surface area contributed by atoms with Gasteiger partial charge in [-0.05, 0) is 32.1 Å². The van der Waals surface area contributed by atoms with Gasteiger partial charge in [-0.2, -0.15) is 0 Å². The van der Waals surface area contributed by atoms with Crippen LogP contribution in [-0.2, 0) is 11.2 Å². The Kier molecular flexibility index (Phi) is 5.76. The molecule has 0 radical (unpaired) electrons. The lowest BCUT2D eigenvalue weighted by atomic mass is 9.84. The molecule has 1 fully saturated rings. The Balaban J connectivity index is 2.24. The Bertz CT molecular complexity index is 470. The van der Waals surface area contributed by atoms with Crippen LogP contribution in [0.1, 0.15) is 81.5 Å². The van der Waals surface area contributed by atoms with Gasteiger partial charge in [0.1, 0.15) is 0 Å². The van der Waals surface area contributed by atoms with Crippen LogP contribution in [0.2, 0.25) is 0 Å². The molecule has 0 spiro atoms. The number of carbonyl (C=O) groups excluding carboxylic acids is 1. The minimum absolute atomic E-state index is 0.338. The number of nitrogens with zero attached hydrogens (tertiary/aromatic N) is 3. The first-order valence-corrected chi connectivity index (χ1v) is 8.32. The van der Waals surface area contributed by atoms with E-state index in [1.807, 2.05) is 11.6 Å². The van der Waals surface area contributed by atoms with Gasteiger partial charge >= 0.3 is 5.97 Å². The molecule has 1 aromatic rings. The Morgan fingerprint density at radius 1 is 1.33 bits per heavy atom. The zero-order valence-electron chi connectivity index (χ0n) is 13.5. The van der Waals surface area contributed by atoms with Gasteiger partial charge in [0.25, 0.3) is 0 Å². The molecule has 1 aromatic heterocycles. The molecule has 2 rings (SSSR count). The van der Waals surface area contributed by atoms with Gasteiger partial charge in [-0.1, -0.05) is 44.7 Å². The molecule has 2 unspecified atom stereocenters. The molecule has 1 aliphatic carbocycles. The largest absolute Gasteiger partial charge is 0.461 e. The molecule has 1 heterocycles. The van der Waals surface area contributed by atoms with Gasteiger partial charge in [0.05, 0.1) is 18.3 Å². The fraction of sp³-hybridized carbons (Fsp3) is 0.812. The van der Waals surface area contributed by atoms with Crippen LogP contribution in [0.15, 0.2) is 0 Å². The lowest BCUT2D eigenvalue weighted by Gasteiger charge is -2.29. The summed E-state index contributed by atoms with van der Waals surface area (Å²) in [5.74, 6) is 0.434. The quantitative estimate of drug-likeness (QED) is 0.753. The number of rotatable bonds is 6. The lowest BCUT2D eigenvalue weighted by Crippen LogP contribution is -2.22. The average molecular weight is 293 g/mol. The average Bonchev–Trinajstić information content (AvgIpc) is 2.92. The van der Waals surface area contributed by atoms with Gasteiger partial charge in [-0.15, -0.1) is 5.10 Å². The highest BCUT2D eigenvalue weighted by Gasteiger charge is 2.28. The molecule has 5 heteroatoms. The van der Waals surface area contributed by atoms with Crippen molar-refractivity contribution in [1.29, 1.82) is 0 Å². The summed E-state index contributed by atoms with van der Waals surface area (Å²) in [6.45, 7) is 6.56. The topological polar surface area (TPSA) is 57.0 Å². The Morgan fingerprint density at radius 2 is 2.14 bits per heavy atom. The van der Waals surface area contributed by atoms with Crippen LogP contribution in [0.4, 0.5) is 0 Å². The molecule has 21 heavy (non-hydrogen) atoms. The molecule has 118 valence electrons. The molecule has 0 aromatic carbocycles. The van der Waals surface area contributed by atoms with Gasteiger partial charge in [-0.3, -0.25) is 0 Å². The number of hydrogen-bond acceptors (Lipinski definition) is 4. The molecule has 0 N–H and O–H groups in total. The summed E-state index contributed by atoms with van der Waals surface area (Å²) in [6, 6.07) is 0.390. The van der Waals surface area contributed by atoms with E-state index in [2.05, 4.69) is 24.2 Å². The van der Waals surface area contributed by atoms with E-state index in [9.17, 15) is 4.79 Å². The molecule has 5 nitrogen and oxygen atoms in total. The highest BCUT2D eigenvalue weighted by Crippen LogP contribution is 2.34. The molecule has 2 atom stereocenters. The first kappa shape index (κ1) is 16.0. The van der Waals surface area contributed by atoms with Crippen LogP contribution in [0.25, 0.3) is 0 Å². The van der Waals surface area contributed by atoms with E-state index in [4.69, 9.17) is 4.74 Å². The van der Waals surface area contributed by atoms with Crippen LogP contribution in [0.3, 0.4) is 0 Å². The van der Waals surface area contributed by atoms with E-state index in [-0.39, 0.29) is 5.97 Å². The summed E-state index contributed by atoms with van der Waals surface area (Å²) in [5.41, 5.74) is 1.37. The SMILES string of the molecule is CCCc1c(C(=O)OCC)nnn1C1CCCC(CC)C1. The number of aromatic nitrogens is 3. The first-order chi connectivity index (χ1) is 10.2. The maximum absolute atomic E-state index is 12.0. The van der Waals surface area contributed by atoms with E-state index in [0.29, 0.717) is 18.3 Å². The van der Waals surface area contributed by atoms with E-state index in [1.165, 1.54) is 19.3 Å². The van der Waals surface area contributed by atoms with Crippen molar-refractivity contribution in [3.05, 3.63) is 11.4 Å². The monoisotopic (exact) mass is 293 g/mol. The predicted octanol–water partition coefficient (Wildman–Crippen LogP) is 3.55. The summed E-state index contributed by atoms with van der Waals surface area (Å²) in [5, 5.41) is 8.41. The summed E-state index contributed by atoms with van der Waals surface area (Å²) >= 11 is 0. The Hall–Kier alpha value is -1.39.